The van der Waals surface area contributed by atoms with E-state index in [-0.39, 0.29) is 16.2 Å². The van der Waals surface area contributed by atoms with Crippen molar-refractivity contribution in [1.29, 1.82) is 10.5 Å². The van der Waals surface area contributed by atoms with Crippen LogP contribution in [0.2, 0.25) is 0 Å². The lowest BCUT2D eigenvalue weighted by Gasteiger charge is -2.35. The molecule has 0 bridgehead atoms. The lowest BCUT2D eigenvalue weighted by Crippen LogP contribution is -2.55. The number of thiocarbonyl (C=S) groups is 1. The van der Waals surface area contributed by atoms with E-state index in [1.54, 1.807) is 19.9 Å². The second kappa shape index (κ2) is 7.03. The van der Waals surface area contributed by atoms with Gasteiger partial charge in [0.05, 0.1) is 23.3 Å². The second-order valence-electron chi connectivity index (χ2n) is 4.97. The molecule has 2 rings (SSSR count). The molecule has 0 unspecified atom stereocenters. The summed E-state index contributed by atoms with van der Waals surface area (Å²) >= 11 is 5.19. The number of carbonyl (C=O) groups is 2. The zero-order valence-electron chi connectivity index (χ0n) is 13.2. The van der Waals surface area contributed by atoms with Gasteiger partial charge in [0.2, 0.25) is 0 Å². The van der Waals surface area contributed by atoms with Gasteiger partial charge in [-0.15, -0.1) is 0 Å². The van der Waals surface area contributed by atoms with E-state index >= 15 is 0 Å². The Morgan fingerprint density at radius 1 is 1.08 bits per heavy atom. The first-order valence-corrected chi connectivity index (χ1v) is 7.72. The van der Waals surface area contributed by atoms with E-state index in [9.17, 15) is 14.9 Å². The molecule has 1 saturated heterocycles. The Hall–Kier alpha value is -3.03. The minimum Gasteiger partial charge on any atom is -0.285 e. The molecule has 0 aliphatic carbocycles. The summed E-state index contributed by atoms with van der Waals surface area (Å²) in [4.78, 5) is 27.8. The molecule has 1 heterocycles. The molecule has 0 saturated carbocycles. The van der Waals surface area contributed by atoms with Crippen molar-refractivity contribution in [1.82, 2.24) is 9.80 Å². The first kappa shape index (κ1) is 17.3. The molecule has 24 heavy (non-hydrogen) atoms. The quantitative estimate of drug-likeness (QED) is 0.476. The Kier molecular flexibility index (Phi) is 5.08. The molecule has 1 aromatic carbocycles. The number of nitriles is 2. The van der Waals surface area contributed by atoms with Crippen LogP contribution >= 0.6 is 12.2 Å². The van der Waals surface area contributed by atoms with Gasteiger partial charge in [0, 0.05) is 13.1 Å². The molecule has 1 aliphatic heterocycles. The maximum Gasteiger partial charge on any atom is 0.265 e. The molecule has 2 amide bonds. The SMILES string of the molecule is CCN1C(=O)C(=Cc2ccc(C#N)cc2C#N)C(=O)N(CC)C1=S. The predicted molar refractivity (Wildman–Crippen MR) is 91.2 cm³/mol. The van der Waals surface area contributed by atoms with Gasteiger partial charge in [0.15, 0.2) is 5.11 Å². The van der Waals surface area contributed by atoms with Crippen molar-refractivity contribution in [2.45, 2.75) is 13.8 Å². The number of hydrogen-bond acceptors (Lipinski definition) is 5. The minimum atomic E-state index is -0.481. The molecule has 0 aromatic heterocycles. The number of benzene rings is 1. The Morgan fingerprint density at radius 2 is 1.67 bits per heavy atom. The van der Waals surface area contributed by atoms with Crippen molar-refractivity contribution in [2.75, 3.05) is 13.1 Å². The number of carbonyl (C=O) groups excluding carboxylic acids is 2. The van der Waals surface area contributed by atoms with Gasteiger partial charge in [0.25, 0.3) is 11.8 Å². The Balaban J connectivity index is 2.57. The molecule has 0 atom stereocenters. The van der Waals surface area contributed by atoms with Crippen LogP contribution in [0.5, 0.6) is 0 Å². The number of nitrogens with zero attached hydrogens (tertiary/aromatic N) is 4. The predicted octanol–water partition coefficient (Wildman–Crippen LogP) is 1.81. The summed E-state index contributed by atoms with van der Waals surface area (Å²) < 4.78 is 0. The van der Waals surface area contributed by atoms with E-state index in [1.165, 1.54) is 28.0 Å². The molecular weight excluding hydrogens is 324 g/mol. The van der Waals surface area contributed by atoms with E-state index in [1.807, 2.05) is 12.1 Å². The average molecular weight is 338 g/mol. The lowest BCUT2D eigenvalue weighted by atomic mass is 10.0. The Bertz CT molecular complexity index is 817. The van der Waals surface area contributed by atoms with Crippen LogP contribution in [0.3, 0.4) is 0 Å². The topological polar surface area (TPSA) is 88.2 Å². The first-order valence-electron chi connectivity index (χ1n) is 7.32. The minimum absolute atomic E-state index is 0.0477. The molecule has 6 nitrogen and oxygen atoms in total. The van der Waals surface area contributed by atoms with Gasteiger partial charge < -0.3 is 0 Å². The average Bonchev–Trinajstić information content (AvgIpc) is 2.59. The largest absolute Gasteiger partial charge is 0.285 e. The molecule has 0 spiro atoms. The zero-order valence-corrected chi connectivity index (χ0v) is 14.1. The fourth-order valence-corrected chi connectivity index (χ4v) is 2.81. The molecular formula is C17H14N4O2S. The molecule has 1 aliphatic rings. The lowest BCUT2D eigenvalue weighted by molar-refractivity contribution is -0.133. The van der Waals surface area contributed by atoms with Crippen molar-refractivity contribution in [2.24, 2.45) is 0 Å². The van der Waals surface area contributed by atoms with E-state index in [0.29, 0.717) is 24.2 Å². The van der Waals surface area contributed by atoms with E-state index in [2.05, 4.69) is 0 Å². The third-order valence-corrected chi connectivity index (χ3v) is 4.09. The van der Waals surface area contributed by atoms with Gasteiger partial charge in [-0.25, -0.2) is 0 Å². The molecule has 120 valence electrons. The van der Waals surface area contributed by atoms with Crippen LogP contribution in [0.1, 0.15) is 30.5 Å². The van der Waals surface area contributed by atoms with Crippen LogP contribution in [0.4, 0.5) is 0 Å². The van der Waals surface area contributed by atoms with Crippen molar-refractivity contribution < 1.29 is 9.59 Å². The van der Waals surface area contributed by atoms with Gasteiger partial charge in [0.1, 0.15) is 5.57 Å². The van der Waals surface area contributed by atoms with Crippen LogP contribution in [0.25, 0.3) is 6.08 Å². The summed E-state index contributed by atoms with van der Waals surface area (Å²) in [5.74, 6) is -0.962. The summed E-state index contributed by atoms with van der Waals surface area (Å²) in [6, 6.07) is 8.43. The smallest absolute Gasteiger partial charge is 0.265 e. The fraction of sp³-hybridized carbons (Fsp3) is 0.235. The molecule has 1 fully saturated rings. The number of hydrogen-bond donors (Lipinski definition) is 0. The van der Waals surface area contributed by atoms with Gasteiger partial charge in [-0.3, -0.25) is 19.4 Å². The van der Waals surface area contributed by atoms with Gasteiger partial charge in [-0.2, -0.15) is 10.5 Å². The highest BCUT2D eigenvalue weighted by molar-refractivity contribution is 7.80. The van der Waals surface area contributed by atoms with Crippen molar-refractivity contribution in [3.63, 3.8) is 0 Å². The highest BCUT2D eigenvalue weighted by Gasteiger charge is 2.37. The molecule has 1 aromatic rings. The molecule has 0 radical (unpaired) electrons. The number of amides is 2. The standard InChI is InChI=1S/C17H14N4O2S/c1-3-20-15(22)14(16(23)21(4-2)17(20)24)8-12-6-5-11(9-18)7-13(12)10-19/h5-8H,3-4H2,1-2H3. The van der Waals surface area contributed by atoms with Crippen LogP contribution in [0.15, 0.2) is 23.8 Å². The first-order chi connectivity index (χ1) is 11.5. The summed E-state index contributed by atoms with van der Waals surface area (Å²) in [5, 5.41) is 18.3. The van der Waals surface area contributed by atoms with E-state index < -0.39 is 11.8 Å². The third kappa shape index (κ3) is 2.90. The summed E-state index contributed by atoms with van der Waals surface area (Å²) in [5.41, 5.74) is 0.921. The highest BCUT2D eigenvalue weighted by Crippen LogP contribution is 2.22. The van der Waals surface area contributed by atoms with Crippen LogP contribution in [-0.2, 0) is 9.59 Å². The van der Waals surface area contributed by atoms with Gasteiger partial charge >= 0.3 is 0 Å². The zero-order chi connectivity index (χ0) is 17.9. The van der Waals surface area contributed by atoms with Crippen molar-refractivity contribution in [3.05, 3.63) is 40.5 Å². The van der Waals surface area contributed by atoms with E-state index in [0.717, 1.165) is 0 Å². The fourth-order valence-electron chi connectivity index (χ4n) is 2.39. The van der Waals surface area contributed by atoms with Crippen molar-refractivity contribution in [3.8, 4) is 12.1 Å². The van der Waals surface area contributed by atoms with Crippen LogP contribution < -0.4 is 0 Å². The summed E-state index contributed by atoms with van der Waals surface area (Å²) in [6.07, 6.45) is 1.39. The van der Waals surface area contributed by atoms with E-state index in [4.69, 9.17) is 17.5 Å². The molecule has 0 N–H and O–H groups in total. The van der Waals surface area contributed by atoms with Gasteiger partial charge in [-0.1, -0.05) is 6.07 Å². The normalized spacial score (nSPS) is 14.5. The third-order valence-electron chi connectivity index (χ3n) is 3.65. The Labute approximate surface area is 145 Å². The maximum atomic E-state index is 12.6. The number of rotatable bonds is 3. The molecule has 7 heteroatoms. The second-order valence-corrected chi connectivity index (χ2v) is 5.33. The van der Waals surface area contributed by atoms with Crippen LogP contribution in [-0.4, -0.2) is 39.8 Å². The summed E-state index contributed by atoms with van der Waals surface area (Å²) in [6.45, 7) is 4.23. The Morgan fingerprint density at radius 3 is 2.12 bits per heavy atom. The van der Waals surface area contributed by atoms with Crippen LogP contribution in [0, 0.1) is 22.7 Å². The summed E-state index contributed by atoms with van der Waals surface area (Å²) in [7, 11) is 0. The highest BCUT2D eigenvalue weighted by atomic mass is 32.1. The van der Waals surface area contributed by atoms with Crippen molar-refractivity contribution >= 4 is 35.2 Å². The number of likely N-dealkylation sites (N-methyl/N-ethyl adjacent to an activating group) is 2. The monoisotopic (exact) mass is 338 g/mol. The van der Waals surface area contributed by atoms with Gasteiger partial charge in [-0.05, 0) is 49.8 Å². The maximum absolute atomic E-state index is 12.6.